The lowest BCUT2D eigenvalue weighted by Gasteiger charge is -2.16. The van der Waals surface area contributed by atoms with E-state index in [1.54, 1.807) is 75.4 Å². The van der Waals surface area contributed by atoms with E-state index in [0.29, 0.717) is 67.2 Å². The first-order chi connectivity index (χ1) is 23.4. The minimum absolute atomic E-state index is 0.151. The monoisotopic (exact) mass is 642 g/mol. The fourth-order valence-electron chi connectivity index (χ4n) is 5.66. The molecule has 48 heavy (non-hydrogen) atoms. The molecule has 0 N–H and O–H groups in total. The molecule has 234 valence electrons. The van der Waals surface area contributed by atoms with E-state index in [1.807, 2.05) is 0 Å². The summed E-state index contributed by atoms with van der Waals surface area (Å²) in [5, 5.41) is 14.0. The van der Waals surface area contributed by atoms with Crippen molar-refractivity contribution in [3.05, 3.63) is 71.7 Å². The van der Waals surface area contributed by atoms with Gasteiger partial charge in [0, 0.05) is 54.6 Å². The Morgan fingerprint density at radius 2 is 0.625 bits per heavy atom. The Morgan fingerprint density at radius 1 is 0.354 bits per heavy atom. The highest BCUT2D eigenvalue weighted by Crippen LogP contribution is 2.44. The zero-order chi connectivity index (χ0) is 32.1. The second kappa shape index (κ2) is 9.56. The van der Waals surface area contributed by atoms with Gasteiger partial charge in [-0.05, 0) is 20.8 Å². The molecule has 0 amide bonds. The van der Waals surface area contributed by atoms with Gasteiger partial charge in [-0.3, -0.25) is 0 Å². The normalized spacial score (nSPS) is 13.1. The van der Waals surface area contributed by atoms with Gasteiger partial charge in [0.2, 0.25) is 35.3 Å². The largest absolute Gasteiger partial charge is 0.438 e. The van der Waals surface area contributed by atoms with Crippen molar-refractivity contribution < 1.29 is 42.0 Å². The van der Waals surface area contributed by atoms with Crippen LogP contribution in [0, 0.1) is 20.8 Å². The molecule has 0 saturated heterocycles. The summed E-state index contributed by atoms with van der Waals surface area (Å²) < 4.78 is 54.8. The highest BCUT2D eigenvalue weighted by atomic mass is 16.5. The number of hydrogen-bond donors (Lipinski definition) is 0. The molecular formula is C33H18N6O9. The van der Waals surface area contributed by atoms with Gasteiger partial charge in [-0.1, -0.05) is 15.5 Å². The fourth-order valence-corrected chi connectivity index (χ4v) is 5.66. The molecule has 3 aliphatic heterocycles. The molecule has 6 aromatic heterocycles. The smallest absolute Gasteiger partial charge is 0.235 e. The number of fused-ring (bicyclic) bond motifs is 3. The van der Waals surface area contributed by atoms with Crippen molar-refractivity contribution >= 4 is 32.9 Å². The molecule has 11 rings (SSSR count). The lowest BCUT2D eigenvalue weighted by atomic mass is 10.2. The van der Waals surface area contributed by atoms with Crippen LogP contribution in [0.25, 0.3) is 32.9 Å². The molecule has 12 bridgehead atoms. The van der Waals surface area contributed by atoms with E-state index in [2.05, 4.69) is 30.4 Å². The molecule has 3 aliphatic rings. The third kappa shape index (κ3) is 4.21. The Labute approximate surface area is 267 Å². The average Bonchev–Trinajstić information content (AvgIpc) is 3.72. The van der Waals surface area contributed by atoms with Crippen LogP contribution in [0.1, 0.15) is 17.1 Å². The van der Waals surface area contributed by atoms with Crippen LogP contribution in [-0.4, -0.2) is 30.4 Å². The van der Waals surface area contributed by atoms with Crippen molar-refractivity contribution in [2.24, 2.45) is 0 Å². The summed E-state index contributed by atoms with van der Waals surface area (Å²) in [7, 11) is 0. The third-order valence-electron chi connectivity index (χ3n) is 7.73. The molecule has 15 heteroatoms. The number of nitrogens with zero attached hydrogens (tertiary/aromatic N) is 6. The Hall–Kier alpha value is -6.90. The van der Waals surface area contributed by atoms with Gasteiger partial charge >= 0.3 is 0 Å². The van der Waals surface area contributed by atoms with Crippen LogP contribution in [0.15, 0.2) is 68.2 Å². The highest BCUT2D eigenvalue weighted by molar-refractivity contribution is 5.87. The summed E-state index contributed by atoms with van der Waals surface area (Å²) in [6.07, 6.45) is 0. The lowest BCUT2D eigenvalue weighted by Crippen LogP contribution is -1.99. The molecule has 0 spiro atoms. The first kappa shape index (κ1) is 26.3. The van der Waals surface area contributed by atoms with E-state index < -0.39 is 0 Å². The van der Waals surface area contributed by atoms with Crippen LogP contribution in [0.5, 0.6) is 69.8 Å². The topological polar surface area (TPSA) is 172 Å². The number of pyridine rings is 3. The second-order valence-electron chi connectivity index (χ2n) is 11.1. The summed E-state index contributed by atoms with van der Waals surface area (Å²) in [6.45, 7) is 5.36. The summed E-state index contributed by atoms with van der Waals surface area (Å²) in [5.74, 6) is 2.69. The van der Waals surface area contributed by atoms with Crippen molar-refractivity contribution in [2.45, 2.75) is 20.8 Å². The van der Waals surface area contributed by atoms with E-state index in [1.165, 1.54) is 0 Å². The van der Waals surface area contributed by atoms with Crippen LogP contribution >= 0.6 is 0 Å². The van der Waals surface area contributed by atoms with Crippen molar-refractivity contribution in [2.75, 3.05) is 0 Å². The number of hydrogen-bond acceptors (Lipinski definition) is 15. The lowest BCUT2D eigenvalue weighted by molar-refractivity contribution is 0.391. The van der Waals surface area contributed by atoms with Gasteiger partial charge < -0.3 is 42.0 Å². The minimum atomic E-state index is 0.151. The number of benzene rings is 2. The first-order valence-corrected chi connectivity index (χ1v) is 14.6. The molecular weight excluding hydrogens is 624 g/mol. The Bertz CT molecular complexity index is 2330. The van der Waals surface area contributed by atoms with Crippen LogP contribution < -0.4 is 28.4 Å². The van der Waals surface area contributed by atoms with E-state index in [0.717, 1.165) is 0 Å². The molecule has 0 aliphatic carbocycles. The third-order valence-corrected chi connectivity index (χ3v) is 7.73. The van der Waals surface area contributed by atoms with E-state index in [-0.39, 0.29) is 52.5 Å². The molecule has 9 heterocycles. The maximum absolute atomic E-state index is 6.43. The summed E-state index contributed by atoms with van der Waals surface area (Å²) in [4.78, 5) is 14.0. The number of rotatable bonds is 0. The molecule has 0 fully saturated rings. The van der Waals surface area contributed by atoms with Gasteiger partial charge in [0.1, 0.15) is 50.7 Å². The Morgan fingerprint density at radius 3 is 0.917 bits per heavy atom. The summed E-state index contributed by atoms with van der Waals surface area (Å²) in [5.41, 5.74) is 2.89. The summed E-state index contributed by atoms with van der Waals surface area (Å²) >= 11 is 0. The van der Waals surface area contributed by atoms with E-state index in [4.69, 9.17) is 42.0 Å². The fraction of sp³-hybridized carbons (Fsp3) is 0.0909. The quantitative estimate of drug-likeness (QED) is 0.154. The molecule has 2 aromatic carbocycles. The average molecular weight is 643 g/mol. The van der Waals surface area contributed by atoms with E-state index >= 15 is 0 Å². The van der Waals surface area contributed by atoms with Gasteiger partial charge in [-0.15, -0.1) is 0 Å². The summed E-state index contributed by atoms with van der Waals surface area (Å²) in [6, 6.07) is 14.7. The number of aryl methyl sites for hydroxylation is 3. The molecule has 0 unspecified atom stereocenters. The van der Waals surface area contributed by atoms with Crippen LogP contribution in [0.2, 0.25) is 0 Å². The highest BCUT2D eigenvalue weighted by Gasteiger charge is 2.24. The molecule has 8 aromatic rings. The second-order valence-corrected chi connectivity index (χ2v) is 11.1. The predicted octanol–water partition coefficient (Wildman–Crippen LogP) is 8.60. The first-order valence-electron chi connectivity index (χ1n) is 14.6. The molecule has 0 atom stereocenters. The van der Waals surface area contributed by atoms with Crippen molar-refractivity contribution in [3.63, 3.8) is 0 Å². The molecule has 0 radical (unpaired) electrons. The Balaban J connectivity index is 1.29. The number of ether oxygens (including phenoxy) is 6. The molecule has 15 nitrogen and oxygen atoms in total. The van der Waals surface area contributed by atoms with Gasteiger partial charge in [-0.25, -0.2) is 0 Å². The zero-order valence-corrected chi connectivity index (χ0v) is 25.1. The maximum atomic E-state index is 6.43. The maximum Gasteiger partial charge on any atom is 0.235 e. The van der Waals surface area contributed by atoms with Gasteiger partial charge in [0.15, 0.2) is 16.7 Å². The van der Waals surface area contributed by atoms with Gasteiger partial charge in [-0.2, -0.15) is 15.0 Å². The van der Waals surface area contributed by atoms with Crippen molar-refractivity contribution in [3.8, 4) is 69.8 Å². The standard InChI is InChI=1S/C33H18N6O9/c1-13-28-22(46-37-13)10-25-34-31(28)43-19-7-20-9-21(8-19)45-33-30-15(3)39-48-24(30)12-27(36-33)42-18-5-16(40-25)4-17(6-18)41-26-11-23-29(14(2)38-47-23)32(35-26)44-20/h4-12H,1-3H3. The minimum Gasteiger partial charge on any atom is -0.438 e. The number of aromatic nitrogens is 6. The van der Waals surface area contributed by atoms with Gasteiger partial charge in [0.05, 0.1) is 17.1 Å². The molecule has 0 saturated carbocycles. The van der Waals surface area contributed by atoms with Crippen LogP contribution in [0.3, 0.4) is 0 Å². The van der Waals surface area contributed by atoms with Crippen molar-refractivity contribution in [1.29, 1.82) is 0 Å². The van der Waals surface area contributed by atoms with Crippen LogP contribution in [-0.2, 0) is 0 Å². The van der Waals surface area contributed by atoms with Gasteiger partial charge in [0.25, 0.3) is 0 Å². The SMILES string of the molecule is Cc1noc2cc3nc(c12)Oc1cc2cc(c1)Oc1nc(cc4onc(C)c14)Oc1cc(cc(c1)Oc1cc4onc(C)c4c(n1)O2)O3. The predicted molar refractivity (Wildman–Crippen MR) is 163 cm³/mol. The zero-order valence-electron chi connectivity index (χ0n) is 25.1. The van der Waals surface area contributed by atoms with Crippen molar-refractivity contribution in [1.82, 2.24) is 30.4 Å². The van der Waals surface area contributed by atoms with Crippen LogP contribution in [0.4, 0.5) is 0 Å². The van der Waals surface area contributed by atoms with E-state index in [9.17, 15) is 0 Å². The Kier molecular flexibility index (Phi) is 5.24.